The number of aliphatic imine (C=N–C) groups is 1. The number of nitrogens with zero attached hydrogens (tertiary/aromatic N) is 2. The van der Waals surface area contributed by atoms with Crippen molar-refractivity contribution in [1.82, 2.24) is 4.31 Å². The average molecular weight is 422 g/mol. The van der Waals surface area contributed by atoms with Crippen LogP contribution in [-0.2, 0) is 10.0 Å². The van der Waals surface area contributed by atoms with E-state index in [2.05, 4.69) is 9.73 Å². The summed E-state index contributed by atoms with van der Waals surface area (Å²) in [6.45, 7) is -0.139. The third-order valence-electron chi connectivity index (χ3n) is 4.84. The molecule has 0 N–H and O–H groups in total. The Bertz CT molecular complexity index is 970. The number of hydrogen-bond acceptors (Lipinski definition) is 4. The van der Waals surface area contributed by atoms with Gasteiger partial charge in [0.2, 0.25) is 10.0 Å². The summed E-state index contributed by atoms with van der Waals surface area (Å²) in [5.74, 6) is 0.00998. The summed E-state index contributed by atoms with van der Waals surface area (Å²) in [6.07, 6.45) is 5.18. The number of halogens is 2. The Kier molecular flexibility index (Phi) is 6.97. The van der Waals surface area contributed by atoms with Gasteiger partial charge in [-0.15, -0.1) is 0 Å². The highest BCUT2D eigenvalue weighted by Gasteiger charge is 2.26. The van der Waals surface area contributed by atoms with E-state index in [1.165, 1.54) is 18.3 Å². The molecule has 5 nitrogen and oxygen atoms in total. The normalized spacial score (nSPS) is 16.3. The van der Waals surface area contributed by atoms with Gasteiger partial charge in [-0.05, 0) is 49.6 Å². The van der Waals surface area contributed by atoms with Crippen molar-refractivity contribution < 1.29 is 21.9 Å². The Balaban J connectivity index is 1.89. The fraction of sp³-hybridized carbons (Fsp3) is 0.381. The number of rotatable bonds is 6. The van der Waals surface area contributed by atoms with Gasteiger partial charge in [0.1, 0.15) is 5.75 Å². The van der Waals surface area contributed by atoms with Crippen molar-refractivity contribution in [1.29, 1.82) is 0 Å². The molecule has 0 bridgehead atoms. The van der Waals surface area contributed by atoms with Crippen molar-refractivity contribution in [3.05, 3.63) is 53.6 Å². The number of ether oxygens (including phenoxy) is 1. The summed E-state index contributed by atoms with van der Waals surface area (Å²) < 4.78 is 57.4. The summed E-state index contributed by atoms with van der Waals surface area (Å²) in [4.78, 5) is 4.52. The molecular formula is C21H24F2N2O3S. The summed E-state index contributed by atoms with van der Waals surface area (Å²) in [5, 5.41) is 0. The van der Waals surface area contributed by atoms with Crippen LogP contribution in [0.5, 0.6) is 5.75 Å². The monoisotopic (exact) mass is 422 g/mol. The molecule has 0 unspecified atom stereocenters. The van der Waals surface area contributed by atoms with Gasteiger partial charge in [-0.1, -0.05) is 31.0 Å². The molecule has 1 fully saturated rings. The standard InChI is InChI=1S/C21H24F2N2O3S/c1-16-10-11-18(24-15-17-8-4-5-9-19(17)28-21(22)23)14-20(16)29(26,27)25-12-6-2-3-7-13-25/h4-5,8-11,14-15,21H,2-3,6-7,12-13H2,1H3. The first-order valence-electron chi connectivity index (χ1n) is 9.56. The highest BCUT2D eigenvalue weighted by atomic mass is 32.2. The van der Waals surface area contributed by atoms with Crippen LogP contribution in [0.25, 0.3) is 0 Å². The van der Waals surface area contributed by atoms with Gasteiger partial charge in [0, 0.05) is 24.9 Å². The van der Waals surface area contributed by atoms with E-state index in [1.54, 1.807) is 41.6 Å². The largest absolute Gasteiger partial charge is 0.434 e. The van der Waals surface area contributed by atoms with Gasteiger partial charge in [0.25, 0.3) is 0 Å². The van der Waals surface area contributed by atoms with Gasteiger partial charge in [-0.3, -0.25) is 4.99 Å². The molecule has 1 aliphatic heterocycles. The maximum absolute atomic E-state index is 13.1. The Morgan fingerprint density at radius 2 is 1.76 bits per heavy atom. The number of alkyl halides is 2. The van der Waals surface area contributed by atoms with E-state index in [9.17, 15) is 17.2 Å². The minimum Gasteiger partial charge on any atom is -0.434 e. The average Bonchev–Trinajstić information content (AvgIpc) is 2.98. The molecule has 0 aromatic heterocycles. The molecule has 1 heterocycles. The van der Waals surface area contributed by atoms with Crippen molar-refractivity contribution in [3.63, 3.8) is 0 Å². The highest BCUT2D eigenvalue weighted by Crippen LogP contribution is 2.27. The maximum Gasteiger partial charge on any atom is 0.387 e. The molecule has 0 amide bonds. The van der Waals surface area contributed by atoms with Crippen LogP contribution in [0.15, 0.2) is 52.4 Å². The third kappa shape index (κ3) is 5.39. The molecule has 2 aromatic carbocycles. The molecule has 0 radical (unpaired) electrons. The van der Waals surface area contributed by atoms with Crippen LogP contribution in [0.4, 0.5) is 14.5 Å². The van der Waals surface area contributed by atoms with Crippen molar-refractivity contribution in [2.45, 2.75) is 44.1 Å². The number of benzene rings is 2. The zero-order valence-electron chi connectivity index (χ0n) is 16.2. The number of aryl methyl sites for hydroxylation is 1. The first-order valence-corrected chi connectivity index (χ1v) is 11.0. The third-order valence-corrected chi connectivity index (χ3v) is 6.88. The minimum absolute atomic E-state index is 0.00998. The zero-order valence-corrected chi connectivity index (χ0v) is 17.0. The second kappa shape index (κ2) is 9.45. The maximum atomic E-state index is 13.1. The Labute approximate surface area is 170 Å². The first kappa shape index (κ1) is 21.4. The van der Waals surface area contributed by atoms with Crippen molar-refractivity contribution in [2.75, 3.05) is 13.1 Å². The van der Waals surface area contributed by atoms with Gasteiger partial charge in [0.15, 0.2) is 0 Å². The van der Waals surface area contributed by atoms with E-state index in [0.717, 1.165) is 25.7 Å². The van der Waals surface area contributed by atoms with Crippen LogP contribution in [-0.4, -0.2) is 38.6 Å². The topological polar surface area (TPSA) is 59.0 Å². The lowest BCUT2D eigenvalue weighted by Crippen LogP contribution is -2.32. The molecule has 3 rings (SSSR count). The summed E-state index contributed by atoms with van der Waals surface area (Å²) in [7, 11) is -3.61. The number of hydrogen-bond donors (Lipinski definition) is 0. The van der Waals surface area contributed by atoms with Gasteiger partial charge in [-0.2, -0.15) is 13.1 Å². The molecule has 2 aromatic rings. The zero-order chi connectivity index (χ0) is 20.9. The van der Waals surface area contributed by atoms with Crippen LogP contribution in [0, 0.1) is 6.92 Å². The molecular weight excluding hydrogens is 398 g/mol. The van der Waals surface area contributed by atoms with E-state index in [4.69, 9.17) is 0 Å². The summed E-state index contributed by atoms with van der Waals surface area (Å²) in [5.41, 5.74) is 1.45. The van der Waals surface area contributed by atoms with Gasteiger partial charge < -0.3 is 4.74 Å². The molecule has 0 saturated carbocycles. The lowest BCUT2D eigenvalue weighted by molar-refractivity contribution is -0.0499. The molecule has 1 saturated heterocycles. The first-order chi connectivity index (χ1) is 13.9. The van der Waals surface area contributed by atoms with Crippen molar-refractivity contribution >= 4 is 21.9 Å². The lowest BCUT2D eigenvalue weighted by atomic mass is 10.2. The predicted octanol–water partition coefficient (Wildman–Crippen LogP) is 4.91. The summed E-state index contributed by atoms with van der Waals surface area (Å²) in [6, 6.07) is 11.2. The second-order valence-electron chi connectivity index (χ2n) is 6.94. The number of sulfonamides is 1. The van der Waals surface area contributed by atoms with Gasteiger partial charge in [-0.25, -0.2) is 8.42 Å². The molecule has 1 aliphatic rings. The van der Waals surface area contributed by atoms with E-state index in [-0.39, 0.29) is 10.6 Å². The van der Waals surface area contributed by atoms with Crippen molar-refractivity contribution in [2.24, 2.45) is 4.99 Å². The van der Waals surface area contributed by atoms with E-state index >= 15 is 0 Å². The van der Waals surface area contributed by atoms with Gasteiger partial charge >= 0.3 is 6.61 Å². The molecule has 0 atom stereocenters. The van der Waals surface area contributed by atoms with E-state index < -0.39 is 16.6 Å². The molecule has 156 valence electrons. The fourth-order valence-electron chi connectivity index (χ4n) is 3.30. The molecule has 0 aliphatic carbocycles. The molecule has 8 heteroatoms. The Hall–Kier alpha value is -2.32. The fourth-order valence-corrected chi connectivity index (χ4v) is 5.06. The molecule has 0 spiro atoms. The SMILES string of the molecule is Cc1ccc(N=Cc2ccccc2OC(F)F)cc1S(=O)(=O)N1CCCCCC1. The van der Waals surface area contributed by atoms with Crippen LogP contribution >= 0.6 is 0 Å². The van der Waals surface area contributed by atoms with E-state index in [1.807, 2.05) is 0 Å². The van der Waals surface area contributed by atoms with Crippen LogP contribution in [0.3, 0.4) is 0 Å². The van der Waals surface area contributed by atoms with E-state index in [0.29, 0.717) is 29.9 Å². The highest BCUT2D eigenvalue weighted by molar-refractivity contribution is 7.89. The van der Waals surface area contributed by atoms with Crippen LogP contribution < -0.4 is 4.74 Å². The quantitative estimate of drug-likeness (QED) is 0.622. The Morgan fingerprint density at radius 3 is 2.45 bits per heavy atom. The van der Waals surface area contributed by atoms with Crippen molar-refractivity contribution in [3.8, 4) is 5.75 Å². The lowest BCUT2D eigenvalue weighted by Gasteiger charge is -2.21. The second-order valence-corrected chi connectivity index (χ2v) is 8.85. The van der Waals surface area contributed by atoms with Crippen LogP contribution in [0.2, 0.25) is 0 Å². The molecule has 29 heavy (non-hydrogen) atoms. The van der Waals surface area contributed by atoms with Crippen LogP contribution in [0.1, 0.15) is 36.8 Å². The van der Waals surface area contributed by atoms with Gasteiger partial charge in [0.05, 0.1) is 10.6 Å². The minimum atomic E-state index is -3.61. The summed E-state index contributed by atoms with van der Waals surface area (Å²) >= 11 is 0. The predicted molar refractivity (Wildman–Crippen MR) is 109 cm³/mol. The smallest absolute Gasteiger partial charge is 0.387 e. The Morgan fingerprint density at radius 1 is 1.07 bits per heavy atom. The number of para-hydroxylation sites is 1.